The minimum Gasteiger partial charge on any atom is -0.476 e. The van der Waals surface area contributed by atoms with Gasteiger partial charge in [0.1, 0.15) is 6.33 Å². The monoisotopic (exact) mass is 384 g/mol. The summed E-state index contributed by atoms with van der Waals surface area (Å²) < 4.78 is 10.7. The lowest BCUT2D eigenvalue weighted by atomic mass is 10.5. The van der Waals surface area contributed by atoms with Crippen molar-refractivity contribution in [2.75, 3.05) is 19.5 Å². The number of nitrogens with two attached hydrogens (primary N) is 1. The second kappa shape index (κ2) is 9.20. The Hall–Kier alpha value is -0.770. The summed E-state index contributed by atoms with van der Waals surface area (Å²) >= 11 is 1.33. The van der Waals surface area contributed by atoms with Gasteiger partial charge in [-0.2, -0.15) is 9.97 Å². The predicted octanol–water partition coefficient (Wildman–Crippen LogP) is 2.20. The summed E-state index contributed by atoms with van der Waals surface area (Å²) in [4.78, 5) is 12.2. The lowest BCUT2D eigenvalue weighted by Gasteiger charge is -2.09. The van der Waals surface area contributed by atoms with Crippen molar-refractivity contribution in [3.8, 4) is 11.8 Å². The summed E-state index contributed by atoms with van der Waals surface area (Å²) in [5.74, 6) is 0.755. The van der Waals surface area contributed by atoms with Crippen LogP contribution in [0.15, 0.2) is 11.3 Å². The van der Waals surface area contributed by atoms with Crippen molar-refractivity contribution in [3.05, 3.63) is 6.33 Å². The minimum atomic E-state index is 0. The van der Waals surface area contributed by atoms with Crippen LogP contribution in [0.3, 0.4) is 0 Å². The van der Waals surface area contributed by atoms with Gasteiger partial charge in [0.2, 0.25) is 11.8 Å². The van der Waals surface area contributed by atoms with Crippen LogP contribution in [0, 0.1) is 0 Å². The molecule has 0 aliphatic rings. The van der Waals surface area contributed by atoms with Crippen LogP contribution >= 0.6 is 35.7 Å². The first-order valence-corrected chi connectivity index (χ1v) is 6.44. The van der Waals surface area contributed by atoms with Crippen molar-refractivity contribution >= 4 is 46.6 Å². The van der Waals surface area contributed by atoms with Gasteiger partial charge in [-0.25, -0.2) is 4.99 Å². The van der Waals surface area contributed by atoms with Gasteiger partial charge in [0.05, 0.1) is 13.2 Å². The molecule has 102 valence electrons. The standard InChI is InChI=1S/C10H16N4O2S.HI/c1-4-15-8-7(14-10(11)17-3)9(16-5-2)13-6-12-8;/h6H,4-5H2,1-3H3,(H2,11,14);1H. The highest BCUT2D eigenvalue weighted by Gasteiger charge is 2.13. The van der Waals surface area contributed by atoms with Crippen molar-refractivity contribution in [1.29, 1.82) is 0 Å². The molecule has 1 heterocycles. The summed E-state index contributed by atoms with van der Waals surface area (Å²) in [6.07, 6.45) is 3.22. The molecule has 1 aromatic rings. The van der Waals surface area contributed by atoms with E-state index < -0.39 is 0 Å². The van der Waals surface area contributed by atoms with Crippen molar-refractivity contribution in [2.24, 2.45) is 10.7 Å². The first-order valence-electron chi connectivity index (χ1n) is 5.21. The SMILES string of the molecule is CCOc1ncnc(OCC)c1N=C(N)SC.I. The Morgan fingerprint density at radius 1 is 1.28 bits per heavy atom. The largest absolute Gasteiger partial charge is 0.476 e. The lowest BCUT2D eigenvalue weighted by Crippen LogP contribution is -2.06. The Labute approximate surface area is 128 Å². The van der Waals surface area contributed by atoms with Crippen LogP contribution in [0.25, 0.3) is 0 Å². The third kappa shape index (κ3) is 4.84. The van der Waals surface area contributed by atoms with Crippen molar-refractivity contribution < 1.29 is 9.47 Å². The molecule has 0 aliphatic heterocycles. The summed E-state index contributed by atoms with van der Waals surface area (Å²) in [5, 5.41) is 0.404. The Morgan fingerprint density at radius 2 is 1.78 bits per heavy atom. The van der Waals surface area contributed by atoms with Crippen molar-refractivity contribution in [2.45, 2.75) is 13.8 Å². The highest BCUT2D eigenvalue weighted by molar-refractivity contribution is 14.0. The van der Waals surface area contributed by atoms with Crippen LogP contribution in [-0.2, 0) is 0 Å². The predicted molar refractivity (Wildman–Crippen MR) is 84.6 cm³/mol. The van der Waals surface area contributed by atoms with E-state index in [0.29, 0.717) is 35.8 Å². The van der Waals surface area contributed by atoms with E-state index in [1.165, 1.54) is 18.1 Å². The molecule has 0 atom stereocenters. The normalized spacial score (nSPS) is 10.7. The first kappa shape index (κ1) is 17.2. The van der Waals surface area contributed by atoms with E-state index in [-0.39, 0.29) is 24.0 Å². The van der Waals surface area contributed by atoms with Gasteiger partial charge in [0.25, 0.3) is 0 Å². The maximum atomic E-state index is 5.68. The molecule has 18 heavy (non-hydrogen) atoms. The van der Waals surface area contributed by atoms with Gasteiger partial charge in [0, 0.05) is 0 Å². The molecule has 8 heteroatoms. The number of hydrogen-bond acceptors (Lipinski definition) is 6. The molecule has 0 aliphatic carbocycles. The summed E-state index contributed by atoms with van der Waals surface area (Å²) in [6, 6.07) is 0. The fraction of sp³-hybridized carbons (Fsp3) is 0.500. The number of aliphatic imine (C=N–C) groups is 1. The van der Waals surface area contributed by atoms with Gasteiger partial charge in [-0.3, -0.25) is 0 Å². The molecule has 2 N–H and O–H groups in total. The van der Waals surface area contributed by atoms with Gasteiger partial charge >= 0.3 is 0 Å². The third-order valence-electron chi connectivity index (χ3n) is 1.75. The second-order valence-corrected chi connectivity index (χ2v) is 3.68. The van der Waals surface area contributed by atoms with E-state index >= 15 is 0 Å². The van der Waals surface area contributed by atoms with Crippen LogP contribution in [0.1, 0.15) is 13.8 Å². The molecule has 0 aromatic carbocycles. The third-order valence-corrected chi connectivity index (χ3v) is 2.26. The number of amidine groups is 1. The first-order chi connectivity index (χ1) is 8.22. The fourth-order valence-electron chi connectivity index (χ4n) is 1.08. The van der Waals surface area contributed by atoms with E-state index in [1.807, 2.05) is 20.1 Å². The van der Waals surface area contributed by atoms with E-state index in [9.17, 15) is 0 Å². The van der Waals surface area contributed by atoms with Crippen molar-refractivity contribution in [1.82, 2.24) is 9.97 Å². The second-order valence-electron chi connectivity index (χ2n) is 2.85. The zero-order chi connectivity index (χ0) is 12.7. The Bertz CT molecular complexity index is 379. The highest BCUT2D eigenvalue weighted by atomic mass is 127. The zero-order valence-corrected chi connectivity index (χ0v) is 13.7. The average Bonchev–Trinajstić information content (AvgIpc) is 2.33. The smallest absolute Gasteiger partial charge is 0.247 e. The number of ether oxygens (including phenoxy) is 2. The van der Waals surface area contributed by atoms with E-state index in [4.69, 9.17) is 15.2 Å². The number of nitrogens with zero attached hydrogens (tertiary/aromatic N) is 3. The molecule has 1 aromatic heterocycles. The molecule has 0 amide bonds. The molecule has 0 saturated carbocycles. The van der Waals surface area contributed by atoms with Crippen LogP contribution in [0.4, 0.5) is 5.69 Å². The summed E-state index contributed by atoms with van der Waals surface area (Å²) in [5.41, 5.74) is 6.11. The number of hydrogen-bond donors (Lipinski definition) is 1. The fourth-order valence-corrected chi connectivity index (χ4v) is 1.27. The average molecular weight is 384 g/mol. The Balaban J connectivity index is 0.00000289. The summed E-state index contributed by atoms with van der Waals surface area (Å²) in [6.45, 7) is 4.72. The van der Waals surface area contributed by atoms with Crippen LogP contribution in [0.2, 0.25) is 0 Å². The van der Waals surface area contributed by atoms with Gasteiger partial charge in [-0.1, -0.05) is 11.8 Å². The molecule has 0 saturated heterocycles. The van der Waals surface area contributed by atoms with Gasteiger partial charge in [-0.15, -0.1) is 24.0 Å². The maximum absolute atomic E-state index is 5.68. The van der Waals surface area contributed by atoms with Gasteiger partial charge in [-0.05, 0) is 20.1 Å². The Kier molecular flexibility index (Phi) is 8.81. The van der Waals surface area contributed by atoms with Crippen LogP contribution < -0.4 is 15.2 Å². The molecule has 0 unspecified atom stereocenters. The van der Waals surface area contributed by atoms with E-state index in [2.05, 4.69) is 15.0 Å². The topological polar surface area (TPSA) is 82.6 Å². The molecule has 1 rings (SSSR count). The van der Waals surface area contributed by atoms with Gasteiger partial charge in [0.15, 0.2) is 10.9 Å². The highest BCUT2D eigenvalue weighted by Crippen LogP contribution is 2.33. The van der Waals surface area contributed by atoms with Crippen LogP contribution in [0.5, 0.6) is 11.8 Å². The molecular formula is C10H17IN4O2S. The van der Waals surface area contributed by atoms with Crippen LogP contribution in [-0.4, -0.2) is 34.6 Å². The number of rotatable bonds is 5. The van der Waals surface area contributed by atoms with E-state index in [1.54, 1.807) is 0 Å². The number of halogens is 1. The molecule has 0 bridgehead atoms. The summed E-state index contributed by atoms with van der Waals surface area (Å²) in [7, 11) is 0. The lowest BCUT2D eigenvalue weighted by molar-refractivity contribution is 0.308. The molecule has 0 spiro atoms. The number of thioether (sulfide) groups is 1. The zero-order valence-electron chi connectivity index (χ0n) is 10.5. The molecule has 0 radical (unpaired) electrons. The van der Waals surface area contributed by atoms with E-state index in [0.717, 1.165) is 0 Å². The molecule has 6 nitrogen and oxygen atoms in total. The molecule has 0 fully saturated rings. The molecular weight excluding hydrogens is 367 g/mol. The van der Waals surface area contributed by atoms with Gasteiger partial charge < -0.3 is 15.2 Å². The number of aromatic nitrogens is 2. The van der Waals surface area contributed by atoms with Crippen molar-refractivity contribution in [3.63, 3.8) is 0 Å². The Morgan fingerprint density at radius 3 is 2.17 bits per heavy atom. The maximum Gasteiger partial charge on any atom is 0.247 e. The minimum absolute atomic E-state index is 0. The quantitative estimate of drug-likeness (QED) is 0.476.